The molecular formula is C20H14FN3O2. The summed E-state index contributed by atoms with van der Waals surface area (Å²) in [5.41, 5.74) is 5.13. The number of imidazole rings is 1. The molecule has 0 saturated heterocycles. The number of ether oxygens (including phenoxy) is 2. The van der Waals surface area contributed by atoms with E-state index in [1.165, 1.54) is 12.1 Å². The van der Waals surface area contributed by atoms with Gasteiger partial charge in [0.2, 0.25) is 6.79 Å². The molecule has 0 amide bonds. The van der Waals surface area contributed by atoms with Gasteiger partial charge in [0, 0.05) is 11.6 Å². The second kappa shape index (κ2) is 5.56. The third kappa shape index (κ3) is 2.30. The maximum atomic E-state index is 13.4. The van der Waals surface area contributed by atoms with Crippen molar-refractivity contribution in [2.75, 3.05) is 6.79 Å². The summed E-state index contributed by atoms with van der Waals surface area (Å²) in [5, 5.41) is 0. The summed E-state index contributed by atoms with van der Waals surface area (Å²) in [6.45, 7) is 2.11. The molecule has 2 aromatic carbocycles. The first-order chi connectivity index (χ1) is 12.7. The molecule has 5 rings (SSSR count). The van der Waals surface area contributed by atoms with E-state index in [2.05, 4.69) is 9.97 Å². The zero-order valence-electron chi connectivity index (χ0n) is 13.9. The standard InChI is InChI=1S/C20H14FN3O2/c1-12-6-13(21)2-4-15(12)16-8-18-17(9-22-16)23-10-24(18)14-3-5-19-20(7-14)26-11-25-19/h2-10H,11H2,1H3. The lowest BCUT2D eigenvalue weighted by molar-refractivity contribution is 0.174. The number of rotatable bonds is 2. The Labute approximate surface area is 148 Å². The van der Waals surface area contributed by atoms with Crippen LogP contribution >= 0.6 is 0 Å². The van der Waals surface area contributed by atoms with Crippen LogP contribution in [0.5, 0.6) is 11.5 Å². The van der Waals surface area contributed by atoms with Gasteiger partial charge >= 0.3 is 0 Å². The number of halogens is 1. The minimum absolute atomic E-state index is 0.237. The summed E-state index contributed by atoms with van der Waals surface area (Å²) in [7, 11) is 0. The first-order valence-electron chi connectivity index (χ1n) is 8.19. The molecule has 0 N–H and O–H groups in total. The smallest absolute Gasteiger partial charge is 0.231 e. The highest BCUT2D eigenvalue weighted by Crippen LogP contribution is 2.34. The van der Waals surface area contributed by atoms with E-state index in [1.54, 1.807) is 18.6 Å². The molecule has 0 fully saturated rings. The van der Waals surface area contributed by atoms with E-state index in [0.29, 0.717) is 5.75 Å². The first-order valence-corrected chi connectivity index (χ1v) is 8.19. The van der Waals surface area contributed by atoms with Crippen LogP contribution < -0.4 is 9.47 Å². The number of benzene rings is 2. The molecule has 0 atom stereocenters. The maximum Gasteiger partial charge on any atom is 0.231 e. The van der Waals surface area contributed by atoms with Gasteiger partial charge in [0.15, 0.2) is 11.5 Å². The molecule has 0 spiro atoms. The van der Waals surface area contributed by atoms with Crippen molar-refractivity contribution in [2.24, 2.45) is 0 Å². The average molecular weight is 347 g/mol. The minimum Gasteiger partial charge on any atom is -0.454 e. The molecule has 0 aliphatic carbocycles. The number of hydrogen-bond acceptors (Lipinski definition) is 4. The molecule has 5 nitrogen and oxygen atoms in total. The van der Waals surface area contributed by atoms with Crippen LogP contribution in [-0.2, 0) is 0 Å². The Bertz CT molecular complexity index is 1150. The number of nitrogens with zero attached hydrogens (tertiary/aromatic N) is 3. The van der Waals surface area contributed by atoms with E-state index in [1.807, 2.05) is 35.8 Å². The van der Waals surface area contributed by atoms with Crippen molar-refractivity contribution in [1.82, 2.24) is 14.5 Å². The molecular weight excluding hydrogens is 333 g/mol. The zero-order chi connectivity index (χ0) is 17.7. The Hall–Kier alpha value is -3.41. The fraction of sp³-hybridized carbons (Fsp3) is 0.100. The van der Waals surface area contributed by atoms with Gasteiger partial charge in [-0.05, 0) is 48.9 Å². The summed E-state index contributed by atoms with van der Waals surface area (Å²) in [6.07, 6.45) is 3.49. The van der Waals surface area contributed by atoms with E-state index >= 15 is 0 Å². The van der Waals surface area contributed by atoms with Gasteiger partial charge in [-0.2, -0.15) is 0 Å². The van der Waals surface area contributed by atoms with Crippen LogP contribution in [0.3, 0.4) is 0 Å². The second-order valence-corrected chi connectivity index (χ2v) is 6.17. The van der Waals surface area contributed by atoms with Crippen LogP contribution in [0.25, 0.3) is 28.0 Å². The molecule has 0 unspecified atom stereocenters. The van der Waals surface area contributed by atoms with Crippen molar-refractivity contribution >= 4 is 11.0 Å². The van der Waals surface area contributed by atoms with Gasteiger partial charge in [-0.25, -0.2) is 9.37 Å². The molecule has 1 aliphatic rings. The summed E-state index contributed by atoms with van der Waals surface area (Å²) in [6, 6.07) is 12.4. The zero-order valence-corrected chi connectivity index (χ0v) is 13.9. The highest BCUT2D eigenvalue weighted by molar-refractivity contribution is 5.81. The van der Waals surface area contributed by atoms with Crippen molar-refractivity contribution in [1.29, 1.82) is 0 Å². The molecule has 0 bridgehead atoms. The van der Waals surface area contributed by atoms with Crippen LogP contribution in [0.1, 0.15) is 5.56 Å². The van der Waals surface area contributed by atoms with Crippen LogP contribution in [0.15, 0.2) is 55.0 Å². The lowest BCUT2D eigenvalue weighted by Crippen LogP contribution is -1.94. The molecule has 0 radical (unpaired) electrons. The molecule has 128 valence electrons. The Kier molecular flexibility index (Phi) is 3.18. The second-order valence-electron chi connectivity index (χ2n) is 6.17. The van der Waals surface area contributed by atoms with Crippen molar-refractivity contribution in [3.8, 4) is 28.4 Å². The molecule has 0 saturated carbocycles. The van der Waals surface area contributed by atoms with Gasteiger partial charge in [-0.3, -0.25) is 9.55 Å². The highest BCUT2D eigenvalue weighted by Gasteiger charge is 2.15. The van der Waals surface area contributed by atoms with Crippen LogP contribution in [-0.4, -0.2) is 21.3 Å². The van der Waals surface area contributed by atoms with Gasteiger partial charge < -0.3 is 9.47 Å². The monoisotopic (exact) mass is 347 g/mol. The van der Waals surface area contributed by atoms with Crippen molar-refractivity contribution in [2.45, 2.75) is 6.92 Å². The number of fused-ring (bicyclic) bond motifs is 2. The first kappa shape index (κ1) is 14.9. The summed E-state index contributed by atoms with van der Waals surface area (Å²) in [5.74, 6) is 1.20. The lowest BCUT2D eigenvalue weighted by Gasteiger charge is -2.08. The Morgan fingerprint density at radius 1 is 1.00 bits per heavy atom. The Morgan fingerprint density at radius 2 is 1.88 bits per heavy atom. The topological polar surface area (TPSA) is 49.2 Å². The Morgan fingerprint density at radius 3 is 2.77 bits per heavy atom. The van der Waals surface area contributed by atoms with Crippen molar-refractivity contribution in [3.63, 3.8) is 0 Å². The third-order valence-electron chi connectivity index (χ3n) is 4.53. The number of hydrogen-bond donors (Lipinski definition) is 0. The molecule has 26 heavy (non-hydrogen) atoms. The van der Waals surface area contributed by atoms with Gasteiger partial charge in [-0.1, -0.05) is 0 Å². The van der Waals surface area contributed by atoms with Gasteiger partial charge in [0.1, 0.15) is 17.7 Å². The maximum absolute atomic E-state index is 13.4. The van der Waals surface area contributed by atoms with Gasteiger partial charge in [0.25, 0.3) is 0 Å². The summed E-state index contributed by atoms with van der Waals surface area (Å²) < 4.78 is 26.2. The highest BCUT2D eigenvalue weighted by atomic mass is 19.1. The predicted molar refractivity (Wildman–Crippen MR) is 95.1 cm³/mol. The van der Waals surface area contributed by atoms with Crippen LogP contribution in [0.2, 0.25) is 0 Å². The van der Waals surface area contributed by atoms with Gasteiger partial charge in [-0.15, -0.1) is 0 Å². The molecule has 4 aromatic rings. The fourth-order valence-electron chi connectivity index (χ4n) is 3.21. The van der Waals surface area contributed by atoms with Crippen molar-refractivity contribution < 1.29 is 13.9 Å². The molecule has 2 aromatic heterocycles. The van der Waals surface area contributed by atoms with Gasteiger partial charge in [0.05, 0.1) is 23.1 Å². The predicted octanol–water partition coefficient (Wildman–Crippen LogP) is 4.26. The van der Waals surface area contributed by atoms with Crippen molar-refractivity contribution in [3.05, 3.63) is 66.4 Å². The Balaban J connectivity index is 1.66. The number of pyridine rings is 1. The fourth-order valence-corrected chi connectivity index (χ4v) is 3.21. The van der Waals surface area contributed by atoms with Crippen LogP contribution in [0, 0.1) is 12.7 Å². The van der Waals surface area contributed by atoms with E-state index in [4.69, 9.17) is 9.47 Å². The summed E-state index contributed by atoms with van der Waals surface area (Å²) in [4.78, 5) is 8.92. The minimum atomic E-state index is -0.252. The van der Waals surface area contributed by atoms with E-state index in [-0.39, 0.29) is 12.6 Å². The quantitative estimate of drug-likeness (QED) is 0.543. The van der Waals surface area contributed by atoms with E-state index in [0.717, 1.165) is 39.3 Å². The number of aromatic nitrogens is 3. The summed E-state index contributed by atoms with van der Waals surface area (Å²) >= 11 is 0. The third-order valence-corrected chi connectivity index (χ3v) is 4.53. The van der Waals surface area contributed by atoms with E-state index in [9.17, 15) is 4.39 Å². The number of aryl methyl sites for hydroxylation is 1. The molecule has 3 heterocycles. The van der Waals surface area contributed by atoms with E-state index < -0.39 is 0 Å². The van der Waals surface area contributed by atoms with Crippen LogP contribution in [0.4, 0.5) is 4.39 Å². The normalized spacial score (nSPS) is 12.7. The lowest BCUT2D eigenvalue weighted by atomic mass is 10.0. The average Bonchev–Trinajstić information content (AvgIpc) is 3.27. The molecule has 6 heteroatoms. The largest absolute Gasteiger partial charge is 0.454 e. The molecule has 1 aliphatic heterocycles. The SMILES string of the molecule is Cc1cc(F)ccc1-c1cc2c(cn1)ncn2-c1ccc2c(c1)OCO2.